The van der Waals surface area contributed by atoms with Crippen LogP contribution in [0.25, 0.3) is 0 Å². The molecule has 0 aliphatic heterocycles. The standard InChI is InChI=1S/C71H120O6/c1-4-7-10-13-16-19-22-25-28-30-31-32-33-34-35-36-37-38-39-41-43-46-49-52-55-58-61-64-70(73)76-67-68(66-75-69(72)63-60-57-54-51-48-45-42-27-24-21-18-15-12-9-6-3)77-71(74)65-62-59-56-53-50-47-44-40-29-26-23-20-17-14-11-8-5-2/h7,10,16,19,25-29,31-32,34-35,37-38,41-43,68H,4-6,8-9,11-15,17-18,20-24,30,33,36,39-40,44-67H2,1-3H3/b10-7-,19-16-,28-25-,29-26-,32-31-,35-34-,38-37-,42-27-,43-41-. The first-order valence-electron chi connectivity index (χ1n) is 32.4. The summed E-state index contributed by atoms with van der Waals surface area (Å²) in [6.07, 6.45) is 88.0. The zero-order valence-electron chi connectivity index (χ0n) is 50.4. The van der Waals surface area contributed by atoms with Crippen molar-refractivity contribution in [3.05, 3.63) is 109 Å². The van der Waals surface area contributed by atoms with Crippen LogP contribution in [-0.4, -0.2) is 37.2 Å². The second-order valence-corrected chi connectivity index (χ2v) is 21.3. The molecule has 0 rings (SSSR count). The van der Waals surface area contributed by atoms with E-state index in [-0.39, 0.29) is 31.1 Å². The summed E-state index contributed by atoms with van der Waals surface area (Å²) in [5, 5.41) is 0. The molecule has 77 heavy (non-hydrogen) atoms. The van der Waals surface area contributed by atoms with Crippen molar-refractivity contribution in [2.75, 3.05) is 13.2 Å². The molecule has 0 N–H and O–H groups in total. The Morgan fingerprint density at radius 1 is 0.273 bits per heavy atom. The van der Waals surface area contributed by atoms with Crippen molar-refractivity contribution in [3.8, 4) is 0 Å². The maximum atomic E-state index is 12.9. The maximum Gasteiger partial charge on any atom is 0.306 e. The molecule has 0 fully saturated rings. The van der Waals surface area contributed by atoms with Crippen LogP contribution in [-0.2, 0) is 28.6 Å². The highest BCUT2D eigenvalue weighted by Crippen LogP contribution is 2.15. The molecule has 0 saturated heterocycles. The quantitative estimate of drug-likeness (QED) is 0.0261. The molecule has 0 amide bonds. The van der Waals surface area contributed by atoms with Gasteiger partial charge in [0, 0.05) is 19.3 Å². The molecule has 440 valence electrons. The Morgan fingerprint density at radius 2 is 0.506 bits per heavy atom. The average Bonchev–Trinajstić information content (AvgIpc) is 3.43. The first-order chi connectivity index (χ1) is 38.0. The minimum atomic E-state index is -0.795. The van der Waals surface area contributed by atoms with E-state index in [9.17, 15) is 14.4 Å². The molecule has 0 radical (unpaired) electrons. The molecule has 0 aromatic carbocycles. The van der Waals surface area contributed by atoms with Gasteiger partial charge in [-0.25, -0.2) is 0 Å². The molecule has 0 aliphatic carbocycles. The first kappa shape index (κ1) is 73.1. The average molecular weight is 1070 g/mol. The van der Waals surface area contributed by atoms with E-state index in [0.29, 0.717) is 19.3 Å². The lowest BCUT2D eigenvalue weighted by molar-refractivity contribution is -0.167. The lowest BCUT2D eigenvalue weighted by Crippen LogP contribution is -2.30. The van der Waals surface area contributed by atoms with Crippen molar-refractivity contribution < 1.29 is 28.6 Å². The predicted octanol–water partition coefficient (Wildman–Crippen LogP) is 22.2. The highest BCUT2D eigenvalue weighted by molar-refractivity contribution is 5.71. The summed E-state index contributed by atoms with van der Waals surface area (Å²) >= 11 is 0. The Labute approximate surface area is 476 Å². The van der Waals surface area contributed by atoms with Gasteiger partial charge in [0.1, 0.15) is 13.2 Å². The fourth-order valence-corrected chi connectivity index (χ4v) is 8.88. The number of hydrogen-bond donors (Lipinski definition) is 0. The van der Waals surface area contributed by atoms with Gasteiger partial charge < -0.3 is 14.2 Å². The molecular formula is C71H120O6. The van der Waals surface area contributed by atoms with Crippen LogP contribution in [0.2, 0.25) is 0 Å². The highest BCUT2D eigenvalue weighted by atomic mass is 16.6. The summed E-state index contributed by atoms with van der Waals surface area (Å²) in [4.78, 5) is 38.3. The molecule has 1 unspecified atom stereocenters. The Kier molecular flexibility index (Phi) is 61.3. The molecule has 0 aromatic rings. The number of ether oxygens (including phenoxy) is 3. The topological polar surface area (TPSA) is 78.9 Å². The normalized spacial score (nSPS) is 12.8. The van der Waals surface area contributed by atoms with E-state index < -0.39 is 6.10 Å². The summed E-state index contributed by atoms with van der Waals surface area (Å²) in [5.74, 6) is -0.914. The predicted molar refractivity (Wildman–Crippen MR) is 334 cm³/mol. The third kappa shape index (κ3) is 62.8. The summed E-state index contributed by atoms with van der Waals surface area (Å²) in [6, 6.07) is 0. The van der Waals surface area contributed by atoms with Crippen molar-refractivity contribution in [1.29, 1.82) is 0 Å². The van der Waals surface area contributed by atoms with E-state index in [1.807, 2.05) is 0 Å². The number of carbonyl (C=O) groups excluding carboxylic acids is 3. The van der Waals surface area contributed by atoms with Gasteiger partial charge in [-0.2, -0.15) is 0 Å². The lowest BCUT2D eigenvalue weighted by atomic mass is 10.1. The van der Waals surface area contributed by atoms with Gasteiger partial charge in [0.15, 0.2) is 6.10 Å². The SMILES string of the molecule is CC/C=C\C/C=C\C/C=C\C/C=C\C/C=C\C/C=C\C/C=C\CCCCCCCC(=O)OCC(COC(=O)CCCCCCC/C=C\CCCCCCCC)OC(=O)CCCCCCCCC/C=C\CCCCCCCC. The van der Waals surface area contributed by atoms with Gasteiger partial charge in [0.25, 0.3) is 0 Å². The van der Waals surface area contributed by atoms with E-state index in [4.69, 9.17) is 14.2 Å². The first-order valence-corrected chi connectivity index (χ1v) is 32.4. The van der Waals surface area contributed by atoms with Gasteiger partial charge in [-0.3, -0.25) is 14.4 Å². The van der Waals surface area contributed by atoms with E-state index in [0.717, 1.165) is 128 Å². The monoisotopic (exact) mass is 1070 g/mol. The third-order valence-electron chi connectivity index (χ3n) is 13.7. The number of rotatable bonds is 58. The van der Waals surface area contributed by atoms with Crippen LogP contribution in [0.3, 0.4) is 0 Å². The van der Waals surface area contributed by atoms with Crippen molar-refractivity contribution in [3.63, 3.8) is 0 Å². The second kappa shape index (κ2) is 64.6. The van der Waals surface area contributed by atoms with Gasteiger partial charge in [-0.05, 0) is 128 Å². The summed E-state index contributed by atoms with van der Waals surface area (Å²) in [7, 11) is 0. The highest BCUT2D eigenvalue weighted by Gasteiger charge is 2.19. The number of unbranched alkanes of at least 4 members (excludes halogenated alkanes) is 29. The number of esters is 3. The largest absolute Gasteiger partial charge is 0.462 e. The summed E-state index contributed by atoms with van der Waals surface area (Å²) < 4.78 is 16.9. The van der Waals surface area contributed by atoms with Crippen LogP contribution in [0.15, 0.2) is 109 Å². The number of carbonyl (C=O) groups is 3. The molecule has 0 spiro atoms. The molecule has 6 nitrogen and oxygen atoms in total. The molecule has 0 bridgehead atoms. The Hall–Kier alpha value is -3.93. The minimum Gasteiger partial charge on any atom is -0.462 e. The Balaban J connectivity index is 4.40. The van der Waals surface area contributed by atoms with E-state index >= 15 is 0 Å². The lowest BCUT2D eigenvalue weighted by Gasteiger charge is -2.18. The Morgan fingerprint density at radius 3 is 0.805 bits per heavy atom. The van der Waals surface area contributed by atoms with Crippen molar-refractivity contribution in [1.82, 2.24) is 0 Å². The van der Waals surface area contributed by atoms with Crippen LogP contribution < -0.4 is 0 Å². The fourth-order valence-electron chi connectivity index (χ4n) is 8.88. The second-order valence-electron chi connectivity index (χ2n) is 21.3. The van der Waals surface area contributed by atoms with Crippen LogP contribution in [0, 0.1) is 0 Å². The van der Waals surface area contributed by atoms with Crippen molar-refractivity contribution in [2.45, 2.75) is 309 Å². The maximum absolute atomic E-state index is 12.9. The fraction of sp³-hybridized carbons (Fsp3) is 0.704. The molecule has 0 aromatic heterocycles. The van der Waals surface area contributed by atoms with Gasteiger partial charge in [-0.1, -0.05) is 265 Å². The number of allylic oxidation sites excluding steroid dienone is 18. The van der Waals surface area contributed by atoms with E-state index in [1.54, 1.807) is 0 Å². The molecule has 6 heteroatoms. The third-order valence-corrected chi connectivity index (χ3v) is 13.7. The molecular weight excluding hydrogens is 949 g/mol. The molecule has 0 aliphatic rings. The van der Waals surface area contributed by atoms with Crippen LogP contribution >= 0.6 is 0 Å². The van der Waals surface area contributed by atoms with Gasteiger partial charge >= 0.3 is 17.9 Å². The van der Waals surface area contributed by atoms with Crippen LogP contribution in [0.1, 0.15) is 303 Å². The zero-order chi connectivity index (χ0) is 55.7. The molecule has 0 saturated carbocycles. The molecule has 1 atom stereocenters. The summed E-state index contributed by atoms with van der Waals surface area (Å²) in [5.41, 5.74) is 0. The Bertz CT molecular complexity index is 1560. The van der Waals surface area contributed by atoms with Gasteiger partial charge in [0.2, 0.25) is 0 Å². The summed E-state index contributed by atoms with van der Waals surface area (Å²) in [6.45, 7) is 6.51. The van der Waals surface area contributed by atoms with Gasteiger partial charge in [0.05, 0.1) is 0 Å². The zero-order valence-corrected chi connectivity index (χ0v) is 50.4. The van der Waals surface area contributed by atoms with Gasteiger partial charge in [-0.15, -0.1) is 0 Å². The van der Waals surface area contributed by atoms with Crippen molar-refractivity contribution >= 4 is 17.9 Å². The van der Waals surface area contributed by atoms with E-state index in [1.165, 1.54) is 135 Å². The van der Waals surface area contributed by atoms with Crippen LogP contribution in [0.5, 0.6) is 0 Å². The van der Waals surface area contributed by atoms with Crippen molar-refractivity contribution in [2.24, 2.45) is 0 Å². The smallest absolute Gasteiger partial charge is 0.306 e. The molecule has 0 heterocycles. The van der Waals surface area contributed by atoms with Crippen LogP contribution in [0.4, 0.5) is 0 Å². The van der Waals surface area contributed by atoms with E-state index in [2.05, 4.69) is 130 Å². The number of hydrogen-bond acceptors (Lipinski definition) is 6. The minimum absolute atomic E-state index is 0.0903.